The van der Waals surface area contributed by atoms with Crippen LogP contribution in [0, 0.1) is 0 Å². The van der Waals surface area contributed by atoms with Crippen LogP contribution in [0.1, 0.15) is 26.7 Å². The summed E-state index contributed by atoms with van der Waals surface area (Å²) in [5.41, 5.74) is 1.68. The van der Waals surface area contributed by atoms with Crippen molar-refractivity contribution in [2.45, 2.75) is 26.7 Å². The molecule has 2 aromatic carbocycles. The Kier molecular flexibility index (Phi) is 6.88. The first-order valence-corrected chi connectivity index (χ1v) is 8.84. The van der Waals surface area contributed by atoms with E-state index < -0.39 is 36.2 Å². The second kappa shape index (κ2) is 8.93. The molecule has 2 aromatic rings. The smallest absolute Gasteiger partial charge is 0.241 e. The lowest BCUT2D eigenvalue weighted by Gasteiger charge is -2.22. The molecule has 0 fully saturated rings. The summed E-state index contributed by atoms with van der Waals surface area (Å²) in [6.07, 6.45) is -0.925. The van der Waals surface area contributed by atoms with E-state index in [0.717, 1.165) is 16.0 Å². The Morgan fingerprint density at radius 2 is 1.37 bits per heavy atom. The highest BCUT2D eigenvalue weighted by Crippen LogP contribution is 2.33. The number of anilines is 1. The summed E-state index contributed by atoms with van der Waals surface area (Å²) in [5.74, 6) is -2.25. The molecule has 0 aromatic heterocycles. The van der Waals surface area contributed by atoms with Gasteiger partial charge in [-0.05, 0) is 49.2 Å². The molecule has 27 heavy (non-hydrogen) atoms. The first-order chi connectivity index (χ1) is 12.7. The number of carbonyl (C=O) groups excluding carboxylic acids is 4. The van der Waals surface area contributed by atoms with E-state index in [9.17, 15) is 19.2 Å². The van der Waals surface area contributed by atoms with Crippen LogP contribution in [0.2, 0.25) is 10.0 Å². The van der Waals surface area contributed by atoms with E-state index in [4.69, 9.17) is 23.2 Å². The highest BCUT2D eigenvalue weighted by molar-refractivity contribution is 6.36. The molecule has 0 saturated heterocycles. The summed E-state index contributed by atoms with van der Waals surface area (Å²) in [5, 5.41) is 0.698. The Morgan fingerprint density at radius 1 is 0.815 bits per heavy atom. The van der Waals surface area contributed by atoms with Gasteiger partial charge in [-0.25, -0.2) is 4.90 Å². The molecule has 0 spiro atoms. The van der Waals surface area contributed by atoms with Crippen LogP contribution in [0.25, 0.3) is 11.1 Å². The molecule has 0 heterocycles. The molecule has 0 bridgehead atoms. The van der Waals surface area contributed by atoms with Gasteiger partial charge in [0.25, 0.3) is 0 Å². The number of nitrogens with zero attached hydrogens (tertiary/aromatic N) is 1. The molecule has 140 valence electrons. The van der Waals surface area contributed by atoms with E-state index in [1.807, 2.05) is 6.07 Å². The molecule has 0 atom stereocenters. The van der Waals surface area contributed by atoms with Gasteiger partial charge in [0.15, 0.2) is 0 Å². The number of amides is 2. The zero-order chi connectivity index (χ0) is 20.1. The number of Topliss-reactive ketones (excluding diaryl/α,β-unsaturated/α-hetero) is 2. The Hall–Kier alpha value is -2.50. The van der Waals surface area contributed by atoms with E-state index >= 15 is 0 Å². The number of rotatable bonds is 6. The van der Waals surface area contributed by atoms with Crippen molar-refractivity contribution in [3.63, 3.8) is 0 Å². The van der Waals surface area contributed by atoms with Crippen molar-refractivity contribution in [2.24, 2.45) is 0 Å². The standard InChI is InChI=1S/C20H17Cl2NO4/c1-12(24)8-19(26)23(20(27)9-13(2)25)18-7-6-15(11-17(18)22)14-4-3-5-16(21)10-14/h3-7,10-11H,8-9H2,1-2H3. The van der Waals surface area contributed by atoms with E-state index in [1.54, 1.807) is 30.3 Å². The molecule has 2 rings (SSSR count). The monoisotopic (exact) mass is 405 g/mol. The second-order valence-corrected chi connectivity index (χ2v) is 6.90. The van der Waals surface area contributed by atoms with Crippen molar-refractivity contribution in [2.75, 3.05) is 4.90 Å². The van der Waals surface area contributed by atoms with Crippen LogP contribution in [0.5, 0.6) is 0 Å². The van der Waals surface area contributed by atoms with Crippen molar-refractivity contribution >= 4 is 52.3 Å². The van der Waals surface area contributed by atoms with Crippen LogP contribution in [-0.2, 0) is 19.2 Å². The number of ketones is 2. The average molecular weight is 406 g/mol. The van der Waals surface area contributed by atoms with Gasteiger partial charge in [0.05, 0.1) is 23.6 Å². The zero-order valence-corrected chi connectivity index (χ0v) is 16.3. The molecule has 0 N–H and O–H groups in total. The van der Waals surface area contributed by atoms with Crippen LogP contribution in [0.3, 0.4) is 0 Å². The number of hydrogen-bond acceptors (Lipinski definition) is 4. The first kappa shape index (κ1) is 20.8. The van der Waals surface area contributed by atoms with Crippen molar-refractivity contribution in [1.82, 2.24) is 0 Å². The van der Waals surface area contributed by atoms with Gasteiger partial charge < -0.3 is 0 Å². The number of halogens is 2. The van der Waals surface area contributed by atoms with Crippen LogP contribution >= 0.6 is 23.2 Å². The number of benzene rings is 2. The summed E-state index contributed by atoms with van der Waals surface area (Å²) in [4.78, 5) is 48.3. The fourth-order valence-electron chi connectivity index (χ4n) is 2.53. The van der Waals surface area contributed by atoms with E-state index in [2.05, 4.69) is 0 Å². The molecule has 0 radical (unpaired) electrons. The molecule has 0 aliphatic carbocycles. The summed E-state index contributed by atoms with van der Waals surface area (Å²) in [6, 6.07) is 11.9. The summed E-state index contributed by atoms with van der Waals surface area (Å²) < 4.78 is 0. The third-order valence-electron chi connectivity index (χ3n) is 3.65. The predicted molar refractivity (Wildman–Crippen MR) is 105 cm³/mol. The van der Waals surface area contributed by atoms with Gasteiger partial charge in [-0.1, -0.05) is 41.4 Å². The zero-order valence-electron chi connectivity index (χ0n) is 14.8. The van der Waals surface area contributed by atoms with Crippen molar-refractivity contribution in [3.05, 3.63) is 52.5 Å². The topological polar surface area (TPSA) is 71.5 Å². The summed E-state index contributed by atoms with van der Waals surface area (Å²) in [6.45, 7) is 2.49. The van der Waals surface area contributed by atoms with Gasteiger partial charge in [0, 0.05) is 5.02 Å². The molecular formula is C20H17Cl2NO4. The second-order valence-electron chi connectivity index (χ2n) is 6.06. The minimum atomic E-state index is -0.730. The van der Waals surface area contributed by atoms with E-state index in [-0.39, 0.29) is 10.7 Å². The van der Waals surface area contributed by atoms with E-state index in [0.29, 0.717) is 5.02 Å². The summed E-state index contributed by atoms with van der Waals surface area (Å²) >= 11 is 12.3. The Morgan fingerprint density at radius 3 is 1.85 bits per heavy atom. The van der Waals surface area contributed by atoms with Crippen molar-refractivity contribution in [3.8, 4) is 11.1 Å². The van der Waals surface area contributed by atoms with Gasteiger partial charge in [-0.2, -0.15) is 0 Å². The third kappa shape index (κ3) is 5.49. The Bertz CT molecular complexity index is 896. The quantitative estimate of drug-likeness (QED) is 0.664. The van der Waals surface area contributed by atoms with Crippen molar-refractivity contribution < 1.29 is 19.2 Å². The van der Waals surface area contributed by atoms with Gasteiger partial charge in [-0.15, -0.1) is 0 Å². The largest absolute Gasteiger partial charge is 0.299 e. The molecule has 0 unspecified atom stereocenters. The molecule has 2 amide bonds. The Balaban J connectivity index is 2.45. The van der Waals surface area contributed by atoms with Crippen molar-refractivity contribution in [1.29, 1.82) is 0 Å². The summed E-state index contributed by atoms with van der Waals surface area (Å²) in [7, 11) is 0. The number of hydrogen-bond donors (Lipinski definition) is 0. The first-order valence-electron chi connectivity index (χ1n) is 8.09. The van der Waals surface area contributed by atoms with Gasteiger partial charge in [-0.3, -0.25) is 19.2 Å². The molecule has 5 nitrogen and oxygen atoms in total. The molecular weight excluding hydrogens is 389 g/mol. The van der Waals surface area contributed by atoms with Crippen LogP contribution in [0.15, 0.2) is 42.5 Å². The minimum Gasteiger partial charge on any atom is -0.299 e. The normalized spacial score (nSPS) is 10.4. The maximum atomic E-state index is 12.4. The minimum absolute atomic E-state index is 0.125. The molecule has 0 aliphatic rings. The van der Waals surface area contributed by atoms with Crippen LogP contribution in [-0.4, -0.2) is 23.4 Å². The fraction of sp³-hybridized carbons (Fsp3) is 0.200. The lowest BCUT2D eigenvalue weighted by Crippen LogP contribution is -2.38. The lowest BCUT2D eigenvalue weighted by atomic mass is 10.0. The molecule has 7 heteroatoms. The maximum absolute atomic E-state index is 12.4. The molecule has 0 aliphatic heterocycles. The highest BCUT2D eigenvalue weighted by Gasteiger charge is 2.27. The highest BCUT2D eigenvalue weighted by atomic mass is 35.5. The average Bonchev–Trinajstić information content (AvgIpc) is 2.55. The van der Waals surface area contributed by atoms with E-state index in [1.165, 1.54) is 19.9 Å². The third-order valence-corrected chi connectivity index (χ3v) is 4.18. The maximum Gasteiger partial charge on any atom is 0.241 e. The Labute approximate surface area is 166 Å². The lowest BCUT2D eigenvalue weighted by molar-refractivity contribution is -0.130. The predicted octanol–water partition coefficient (Wildman–Crippen LogP) is 4.48. The number of carbonyl (C=O) groups is 4. The fourth-order valence-corrected chi connectivity index (χ4v) is 2.98. The van der Waals surface area contributed by atoms with Gasteiger partial charge >= 0.3 is 0 Å². The van der Waals surface area contributed by atoms with Crippen LogP contribution < -0.4 is 4.90 Å². The molecule has 0 saturated carbocycles. The number of imide groups is 1. The van der Waals surface area contributed by atoms with Crippen LogP contribution in [0.4, 0.5) is 5.69 Å². The van der Waals surface area contributed by atoms with Gasteiger partial charge in [0.1, 0.15) is 11.6 Å². The SMILES string of the molecule is CC(=O)CC(=O)N(C(=O)CC(C)=O)c1ccc(-c2cccc(Cl)c2)cc1Cl. The van der Waals surface area contributed by atoms with Gasteiger partial charge in [0.2, 0.25) is 11.8 Å².